The zero-order chi connectivity index (χ0) is 105. The van der Waals surface area contributed by atoms with Crippen LogP contribution in [0.2, 0.25) is 0 Å². The van der Waals surface area contributed by atoms with E-state index in [0.717, 1.165) is 67.4 Å². The summed E-state index contributed by atoms with van der Waals surface area (Å²) in [5.41, 5.74) is -4.26. The normalized spacial score (nSPS) is 16.8. The molecule has 778 valence electrons. The molecule has 34 heteroatoms. The number of benzene rings is 2. The predicted molar refractivity (Wildman–Crippen MR) is 508 cm³/mol. The third kappa shape index (κ3) is 85.6. The van der Waals surface area contributed by atoms with Crippen LogP contribution < -0.4 is 0 Å². The van der Waals surface area contributed by atoms with Gasteiger partial charge in [-0.1, -0.05) is 42.2 Å². The molecule has 20 N–H and O–H groups in total. The van der Waals surface area contributed by atoms with Crippen molar-refractivity contribution in [1.29, 1.82) is 0 Å². The minimum Gasteiger partial charge on any atom is -0.458 e. The largest absolute Gasteiger partial charge is 0.458 e. The molecule has 2 aliphatic rings. The van der Waals surface area contributed by atoms with Crippen LogP contribution in [0.25, 0.3) is 0 Å². The SMILES string of the molecule is CC(C)(CCC(C)(C)OC(=O)CO)OC(=O)CO.CC(C)(CCC(C)(C)OCCO)OCCO.CC(C)(CCO)OC(=O)/C=C/C(=O)OC(C)(C)CCO.CC(C)(CCO)OC(=O)c1ccc(C(=O)OC(C)(C)CCO)cc1.CC(C)(O)CCC(C)(C)O.CC(C)(O)CCO.CC(O)C#CC(C)O.CC(O)c1ccc(C(C)O)cc1.CC1(O)CCC(O)CC1.CC1=CCC(O)CC1O. The van der Waals surface area contributed by atoms with Crippen LogP contribution in [-0.4, -0.2) is 308 Å². The van der Waals surface area contributed by atoms with Gasteiger partial charge in [0.25, 0.3) is 0 Å². The first kappa shape index (κ1) is 137. The first-order valence-electron chi connectivity index (χ1n) is 45.3. The molecule has 133 heavy (non-hydrogen) atoms. The molecule has 0 aliphatic heterocycles. The van der Waals surface area contributed by atoms with Crippen LogP contribution in [0, 0.1) is 11.8 Å². The molecule has 0 amide bonds. The molecule has 0 heterocycles. The average Bonchev–Trinajstić information content (AvgIpc) is 0.845. The van der Waals surface area contributed by atoms with Crippen molar-refractivity contribution < 1.29 is 169 Å². The van der Waals surface area contributed by atoms with Gasteiger partial charge in [-0.25, -0.2) is 28.8 Å². The number of aliphatic hydroxyl groups excluding tert-OH is 16. The maximum atomic E-state index is 12.1. The number of carbonyl (C=O) groups is 6. The topological polar surface area (TPSA) is 581 Å². The maximum absolute atomic E-state index is 12.1. The van der Waals surface area contributed by atoms with E-state index in [9.17, 15) is 54.3 Å². The molecule has 0 saturated heterocycles. The molecule has 2 aliphatic carbocycles. The summed E-state index contributed by atoms with van der Waals surface area (Å²) in [5, 5.41) is 178. The number of hydrogen-bond donors (Lipinski definition) is 20. The third-order valence-corrected chi connectivity index (χ3v) is 19.2. The molecule has 6 unspecified atom stereocenters. The predicted octanol–water partition coefficient (Wildman–Crippen LogP) is 9.12. The van der Waals surface area contributed by atoms with Crippen molar-refractivity contribution >= 4 is 35.8 Å². The number of ether oxygens (including phenoxy) is 8. The van der Waals surface area contributed by atoms with E-state index in [1.54, 1.807) is 152 Å². The molecular weight excluding hydrogens is 1730 g/mol. The summed E-state index contributed by atoms with van der Waals surface area (Å²) >= 11 is 0. The molecular formula is C99H178O34. The Labute approximate surface area is 793 Å². The lowest BCUT2D eigenvalue weighted by Crippen LogP contribution is -2.35. The van der Waals surface area contributed by atoms with E-state index in [1.165, 1.54) is 24.3 Å². The summed E-state index contributed by atoms with van der Waals surface area (Å²) in [7, 11) is 0. The highest BCUT2D eigenvalue weighted by molar-refractivity contribution is 5.94. The summed E-state index contributed by atoms with van der Waals surface area (Å²) < 4.78 is 41.9. The zero-order valence-corrected chi connectivity index (χ0v) is 85.4. The Morgan fingerprint density at radius 1 is 0.391 bits per heavy atom. The third-order valence-electron chi connectivity index (χ3n) is 19.2. The van der Waals surface area contributed by atoms with Gasteiger partial charge in [-0.15, -0.1) is 0 Å². The van der Waals surface area contributed by atoms with Gasteiger partial charge in [-0.05, 0) is 312 Å². The second kappa shape index (κ2) is 68.4. The quantitative estimate of drug-likeness (QED) is 0.00974. The lowest BCUT2D eigenvalue weighted by molar-refractivity contribution is -0.167. The van der Waals surface area contributed by atoms with E-state index >= 15 is 0 Å². The number of hydrogen-bond acceptors (Lipinski definition) is 34. The van der Waals surface area contributed by atoms with Gasteiger partial charge in [-0.2, -0.15) is 0 Å². The molecule has 0 aromatic heterocycles. The number of esters is 6. The highest BCUT2D eigenvalue weighted by Crippen LogP contribution is 2.30. The first-order chi connectivity index (χ1) is 60.5. The van der Waals surface area contributed by atoms with Crippen LogP contribution in [-0.2, 0) is 57.1 Å². The fourth-order valence-corrected chi connectivity index (χ4v) is 10.6. The standard InChI is InChI=1S/C18H26O6.C14H24O6.C12H22O6.C12H26O4.C10H14O2.C8H18O2.C7H14O2.C7H12O2.C6H10O2.C5H12O2/c1-17(2,9-11-19)23-15(21)13-5-7-14(8-6-13)16(22)24-18(3,4)10-12-20;1-13(2,7-9-15)19-11(17)5-6-12(18)20-14(3,4)8-10-16;1-11(2,17-9(15)7-13)5-6-12(3,4)18-10(16)8-14;1-11(2,15-9-7-13)5-6-12(3,4)16-10-8-14;1-7(11)9-3-5-10(6-4-9)8(2)12;1-7(2,9)5-6-8(3,4)10;1-7(9)4-2-6(8)3-5-7;1-5-2-3-6(8)4-7(5)9;1-5(7)3-4-6(2)8;1-5(2,7)3-4-6/h5-8,19-20H,9-12H2,1-4H3;5-6,15-16H,7-10H2,1-4H3;13-14H,5-8H2,1-4H3;13-14H,5-10H2,1-4H3;3-8,11-12H,1-2H3;9-10H,5-6H2,1-4H3;6,8-9H,2-5H2,1H3;2,6-9H,3-4H2,1H3;5-8H,1-2H3;6-7H,3-4H2,1-2H3/b;6-5+;;;;;;;;. The Balaban J connectivity index is -0.000000345. The molecule has 0 spiro atoms. The average molecular weight is 1910 g/mol. The molecule has 1 saturated carbocycles. The first-order valence-corrected chi connectivity index (χ1v) is 45.3. The van der Waals surface area contributed by atoms with E-state index in [4.69, 9.17) is 114 Å². The monoisotopic (exact) mass is 1910 g/mol. The Morgan fingerprint density at radius 2 is 0.662 bits per heavy atom. The van der Waals surface area contributed by atoms with Crippen LogP contribution in [0.4, 0.5) is 0 Å². The molecule has 34 nitrogen and oxygen atoms in total. The highest BCUT2D eigenvalue weighted by atomic mass is 16.6. The van der Waals surface area contributed by atoms with E-state index in [-0.39, 0.29) is 69.7 Å². The lowest BCUT2D eigenvalue weighted by Gasteiger charge is -2.31. The van der Waals surface area contributed by atoms with E-state index in [1.807, 2.05) is 71.9 Å². The van der Waals surface area contributed by atoms with Gasteiger partial charge in [0.15, 0.2) is 0 Å². The van der Waals surface area contributed by atoms with Crippen molar-refractivity contribution in [2.75, 3.05) is 72.7 Å². The van der Waals surface area contributed by atoms with Gasteiger partial charge >= 0.3 is 35.8 Å². The molecule has 4 rings (SSSR count). The molecule has 2 aromatic rings. The van der Waals surface area contributed by atoms with Crippen LogP contribution in [0.1, 0.15) is 347 Å². The molecule has 6 atom stereocenters. The molecule has 0 radical (unpaired) electrons. The maximum Gasteiger partial charge on any atom is 0.338 e. The lowest BCUT2D eigenvalue weighted by atomic mass is 9.85. The molecule has 0 bridgehead atoms. The highest BCUT2D eigenvalue weighted by Gasteiger charge is 2.33. The smallest absolute Gasteiger partial charge is 0.338 e. The van der Waals surface area contributed by atoms with Crippen molar-refractivity contribution in [3.05, 3.63) is 94.6 Å². The summed E-state index contributed by atoms with van der Waals surface area (Å²) in [5.74, 6) is 1.02. The van der Waals surface area contributed by atoms with Gasteiger partial charge in [0.05, 0.1) is 102 Å². The van der Waals surface area contributed by atoms with Gasteiger partial charge < -0.3 is 140 Å². The van der Waals surface area contributed by atoms with Crippen LogP contribution in [0.15, 0.2) is 72.3 Å². The Kier molecular flexibility index (Phi) is 70.6. The second-order valence-electron chi connectivity index (χ2n) is 39.8. The van der Waals surface area contributed by atoms with E-state index in [0.29, 0.717) is 95.0 Å². The van der Waals surface area contributed by atoms with Crippen LogP contribution in [0.3, 0.4) is 0 Å². The Hall–Kier alpha value is -6.58. The van der Waals surface area contributed by atoms with Crippen LogP contribution in [0.5, 0.6) is 0 Å². The molecule has 1 fully saturated rings. The summed E-state index contributed by atoms with van der Waals surface area (Å²) in [4.78, 5) is 69.1. The van der Waals surface area contributed by atoms with Gasteiger partial charge in [-0.3, -0.25) is 0 Å². The number of rotatable bonds is 39. The molecule has 2 aromatic carbocycles. The Morgan fingerprint density at radius 3 is 0.880 bits per heavy atom. The van der Waals surface area contributed by atoms with Gasteiger partial charge in [0.1, 0.15) is 59.0 Å². The Bertz CT molecular complexity index is 3340. The minimum atomic E-state index is -0.795. The fourth-order valence-electron chi connectivity index (χ4n) is 10.6. The van der Waals surface area contributed by atoms with Crippen molar-refractivity contribution in [3.63, 3.8) is 0 Å². The van der Waals surface area contributed by atoms with Crippen molar-refractivity contribution in [3.8, 4) is 11.8 Å². The van der Waals surface area contributed by atoms with Crippen molar-refractivity contribution in [2.24, 2.45) is 0 Å². The summed E-state index contributed by atoms with van der Waals surface area (Å²) in [6.45, 7) is 48.2. The van der Waals surface area contributed by atoms with E-state index in [2.05, 4.69) is 11.8 Å². The second-order valence-corrected chi connectivity index (χ2v) is 39.8. The van der Waals surface area contributed by atoms with Gasteiger partial charge in [0, 0.05) is 77.3 Å². The summed E-state index contributed by atoms with van der Waals surface area (Å²) in [6, 6.07) is 13.3. The zero-order valence-electron chi connectivity index (χ0n) is 85.4. The van der Waals surface area contributed by atoms with Crippen molar-refractivity contribution in [2.45, 2.75) is 413 Å². The fraction of sp³-hybridized carbons (Fsp3) is 0.758. The summed E-state index contributed by atoms with van der Waals surface area (Å²) in [6.07, 6.45) is 10.6. The van der Waals surface area contributed by atoms with Gasteiger partial charge in [0.2, 0.25) is 0 Å². The van der Waals surface area contributed by atoms with E-state index < -0.39 is 136 Å². The van der Waals surface area contributed by atoms with Crippen LogP contribution >= 0.6 is 0 Å². The number of aliphatic hydroxyl groups is 20. The van der Waals surface area contributed by atoms with Crippen molar-refractivity contribution in [1.82, 2.24) is 0 Å². The number of carbonyl (C=O) groups excluding carboxylic acids is 6. The minimum absolute atomic E-state index is 0.0494.